The smallest absolute Gasteiger partial charge is 0.269 e. The molecule has 0 aliphatic rings. The van der Waals surface area contributed by atoms with Crippen LogP contribution in [-0.4, -0.2) is 19.4 Å². The number of hydrazine groups is 1. The number of carbonyl (C=O) groups excluding carboxylic acids is 1. The number of nitrogens with two attached hydrogens (primary N) is 1. The van der Waals surface area contributed by atoms with Crippen molar-refractivity contribution in [3.8, 4) is 0 Å². The second-order valence-electron chi connectivity index (χ2n) is 6.93. The van der Waals surface area contributed by atoms with Crippen LogP contribution in [0.4, 0.5) is 5.69 Å². The van der Waals surface area contributed by atoms with Crippen LogP contribution in [0.3, 0.4) is 0 Å². The highest BCUT2D eigenvalue weighted by Gasteiger charge is 2.14. The summed E-state index contributed by atoms with van der Waals surface area (Å²) < 4.78 is 22.5. The number of benzene rings is 2. The quantitative estimate of drug-likeness (QED) is 0.459. The van der Waals surface area contributed by atoms with Crippen LogP contribution in [0.5, 0.6) is 0 Å². The fourth-order valence-electron chi connectivity index (χ4n) is 2.20. The van der Waals surface area contributed by atoms with Gasteiger partial charge in [-0.25, -0.2) is 13.6 Å². The van der Waals surface area contributed by atoms with E-state index in [9.17, 15) is 13.2 Å². The Balaban J connectivity index is 1.90. The molecular weight excluding hydrogens is 384 g/mol. The molecule has 0 aromatic heterocycles. The Labute approximate surface area is 164 Å². The van der Waals surface area contributed by atoms with E-state index in [2.05, 4.69) is 36.9 Å². The summed E-state index contributed by atoms with van der Waals surface area (Å²) in [5.41, 5.74) is 7.29. The summed E-state index contributed by atoms with van der Waals surface area (Å²) in [6.07, 6.45) is 0. The van der Waals surface area contributed by atoms with Gasteiger partial charge in [-0.1, -0.05) is 32.9 Å². The van der Waals surface area contributed by atoms with Gasteiger partial charge in [-0.3, -0.25) is 15.6 Å². The maximum absolute atomic E-state index is 12.2. The lowest BCUT2D eigenvalue weighted by atomic mass is 9.87. The molecule has 0 heterocycles. The summed E-state index contributed by atoms with van der Waals surface area (Å²) in [5.74, 6) is -0.329. The van der Waals surface area contributed by atoms with Crippen molar-refractivity contribution in [1.82, 2.24) is 10.9 Å². The Hall–Kier alpha value is -2.49. The topological polar surface area (TPSA) is 113 Å². The van der Waals surface area contributed by atoms with Gasteiger partial charge in [0.25, 0.3) is 5.91 Å². The summed E-state index contributed by atoms with van der Waals surface area (Å²) in [6, 6.07) is 13.1. The maximum Gasteiger partial charge on any atom is 0.269 e. The number of hydrogen-bond donors (Lipinski definition) is 4. The van der Waals surface area contributed by atoms with E-state index in [0.717, 1.165) is 5.56 Å². The first kappa shape index (κ1) is 20.8. The SMILES string of the molecule is CC(C)(C)c1ccc(C(=O)NNC(=S)Nc2ccc(S(N)(=O)=O)cc2)cc1. The second-order valence-corrected chi connectivity index (χ2v) is 8.90. The van der Waals surface area contributed by atoms with E-state index >= 15 is 0 Å². The highest BCUT2D eigenvalue weighted by atomic mass is 32.2. The first-order chi connectivity index (χ1) is 12.5. The van der Waals surface area contributed by atoms with Crippen molar-refractivity contribution in [3.05, 3.63) is 59.7 Å². The first-order valence-corrected chi connectivity index (χ1v) is 10.0. The van der Waals surface area contributed by atoms with Gasteiger partial charge in [0, 0.05) is 11.3 Å². The fraction of sp³-hybridized carbons (Fsp3) is 0.222. The number of nitrogens with one attached hydrogen (secondary N) is 3. The van der Waals surface area contributed by atoms with Crippen molar-refractivity contribution in [3.63, 3.8) is 0 Å². The standard InChI is InChI=1S/C18H22N4O3S2/c1-18(2,3)13-6-4-12(5-7-13)16(23)21-22-17(26)20-14-8-10-15(11-9-14)27(19,24)25/h4-11H,1-3H3,(H,21,23)(H2,19,24,25)(H2,20,22,26). The van der Waals surface area contributed by atoms with Gasteiger partial charge in [0.05, 0.1) is 4.90 Å². The van der Waals surface area contributed by atoms with Crippen molar-refractivity contribution in [2.75, 3.05) is 5.32 Å². The molecule has 0 radical (unpaired) electrons. The molecule has 0 aliphatic heterocycles. The minimum absolute atomic E-state index is 0.000987. The van der Waals surface area contributed by atoms with Gasteiger partial charge in [-0.2, -0.15) is 0 Å². The van der Waals surface area contributed by atoms with Crippen LogP contribution in [0.15, 0.2) is 53.4 Å². The fourth-order valence-corrected chi connectivity index (χ4v) is 2.88. The minimum atomic E-state index is -3.75. The molecule has 7 nitrogen and oxygen atoms in total. The number of carbonyl (C=O) groups is 1. The number of hydrogen-bond acceptors (Lipinski definition) is 4. The third-order valence-corrected chi connectivity index (χ3v) is 4.88. The van der Waals surface area contributed by atoms with E-state index in [1.807, 2.05) is 12.1 Å². The molecule has 0 atom stereocenters. The molecule has 0 spiro atoms. The summed E-state index contributed by atoms with van der Waals surface area (Å²) in [7, 11) is -3.75. The molecule has 0 saturated heterocycles. The van der Waals surface area contributed by atoms with E-state index in [1.54, 1.807) is 12.1 Å². The molecule has 144 valence electrons. The number of anilines is 1. The van der Waals surface area contributed by atoms with Crippen LogP contribution >= 0.6 is 12.2 Å². The van der Waals surface area contributed by atoms with Crippen molar-refractivity contribution in [2.24, 2.45) is 5.14 Å². The van der Waals surface area contributed by atoms with Crippen molar-refractivity contribution in [1.29, 1.82) is 0 Å². The third kappa shape index (κ3) is 6.02. The number of thiocarbonyl (C=S) groups is 1. The Morgan fingerprint density at radius 2 is 1.52 bits per heavy atom. The zero-order chi connectivity index (χ0) is 20.2. The molecule has 0 fully saturated rings. The lowest BCUT2D eigenvalue weighted by molar-refractivity contribution is 0.0944. The normalized spacial score (nSPS) is 11.6. The lowest BCUT2D eigenvalue weighted by Gasteiger charge is -2.19. The van der Waals surface area contributed by atoms with Gasteiger partial charge in [0.1, 0.15) is 0 Å². The van der Waals surface area contributed by atoms with E-state index in [0.29, 0.717) is 11.3 Å². The number of sulfonamides is 1. The zero-order valence-corrected chi connectivity index (χ0v) is 16.9. The Bertz CT molecular complexity index is 932. The molecular formula is C18H22N4O3S2. The minimum Gasteiger partial charge on any atom is -0.331 e. The van der Waals surface area contributed by atoms with E-state index in [1.165, 1.54) is 24.3 Å². The first-order valence-electron chi connectivity index (χ1n) is 8.07. The molecule has 0 bridgehead atoms. The molecule has 0 saturated carbocycles. The van der Waals surface area contributed by atoms with E-state index in [-0.39, 0.29) is 21.3 Å². The van der Waals surface area contributed by atoms with Crippen LogP contribution < -0.4 is 21.3 Å². The Morgan fingerprint density at radius 3 is 2.00 bits per heavy atom. The molecule has 1 amide bonds. The summed E-state index contributed by atoms with van der Waals surface area (Å²) in [4.78, 5) is 12.2. The largest absolute Gasteiger partial charge is 0.331 e. The van der Waals surface area contributed by atoms with Gasteiger partial charge in [-0.05, 0) is 59.6 Å². The number of amides is 1. The highest BCUT2D eigenvalue weighted by Crippen LogP contribution is 2.22. The Kier molecular flexibility index (Phi) is 6.19. The Morgan fingerprint density at radius 1 is 0.963 bits per heavy atom. The van der Waals surface area contributed by atoms with Crippen LogP contribution in [0.1, 0.15) is 36.7 Å². The number of rotatable bonds is 3. The van der Waals surface area contributed by atoms with E-state index in [4.69, 9.17) is 17.4 Å². The van der Waals surface area contributed by atoms with E-state index < -0.39 is 10.0 Å². The van der Waals surface area contributed by atoms with Crippen molar-refractivity contribution < 1.29 is 13.2 Å². The maximum atomic E-state index is 12.2. The zero-order valence-electron chi connectivity index (χ0n) is 15.2. The van der Waals surface area contributed by atoms with Gasteiger partial charge >= 0.3 is 0 Å². The van der Waals surface area contributed by atoms with Crippen LogP contribution in [0.25, 0.3) is 0 Å². The van der Waals surface area contributed by atoms with Gasteiger partial charge in [0.15, 0.2) is 5.11 Å². The highest BCUT2D eigenvalue weighted by molar-refractivity contribution is 7.89. The average molecular weight is 407 g/mol. The van der Waals surface area contributed by atoms with Crippen LogP contribution in [0.2, 0.25) is 0 Å². The van der Waals surface area contributed by atoms with Gasteiger partial charge < -0.3 is 5.32 Å². The summed E-state index contributed by atoms with van der Waals surface area (Å²) in [5, 5.41) is 8.02. The predicted octanol–water partition coefficient (Wildman–Crippen LogP) is 2.26. The second kappa shape index (κ2) is 8.03. The number of primary sulfonamides is 1. The molecule has 5 N–H and O–H groups in total. The van der Waals surface area contributed by atoms with Gasteiger partial charge in [-0.15, -0.1) is 0 Å². The average Bonchev–Trinajstić information content (AvgIpc) is 2.58. The molecule has 9 heteroatoms. The third-order valence-electron chi connectivity index (χ3n) is 3.74. The molecule has 0 unspecified atom stereocenters. The molecule has 2 aromatic carbocycles. The van der Waals surface area contributed by atoms with Crippen LogP contribution in [-0.2, 0) is 15.4 Å². The van der Waals surface area contributed by atoms with Gasteiger partial charge in [0.2, 0.25) is 10.0 Å². The van der Waals surface area contributed by atoms with Crippen molar-refractivity contribution >= 4 is 38.9 Å². The molecule has 2 rings (SSSR count). The molecule has 0 aliphatic carbocycles. The monoisotopic (exact) mass is 406 g/mol. The predicted molar refractivity (Wildman–Crippen MR) is 110 cm³/mol. The molecule has 2 aromatic rings. The summed E-state index contributed by atoms with van der Waals surface area (Å²) in [6.45, 7) is 6.30. The molecule has 27 heavy (non-hydrogen) atoms. The van der Waals surface area contributed by atoms with Crippen molar-refractivity contribution in [2.45, 2.75) is 31.1 Å². The van der Waals surface area contributed by atoms with Crippen LogP contribution in [0, 0.1) is 0 Å². The lowest BCUT2D eigenvalue weighted by Crippen LogP contribution is -2.43. The summed E-state index contributed by atoms with van der Waals surface area (Å²) >= 11 is 5.10.